The number of carboxylic acids is 1. The molecule has 0 aromatic heterocycles. The molecule has 7 nitrogen and oxygen atoms in total. The van der Waals surface area contributed by atoms with E-state index in [-0.39, 0.29) is 12.2 Å². The second-order valence-electron chi connectivity index (χ2n) is 2.95. The summed E-state index contributed by atoms with van der Waals surface area (Å²) >= 11 is 0. The highest BCUT2D eigenvalue weighted by atomic mass is 32.2. The molecule has 0 aromatic rings. The van der Waals surface area contributed by atoms with Crippen LogP contribution in [0, 0.1) is 0 Å². The third kappa shape index (κ3) is 6.72. The van der Waals surface area contributed by atoms with Crippen molar-refractivity contribution in [2.24, 2.45) is 0 Å². The molecule has 15 heavy (non-hydrogen) atoms. The summed E-state index contributed by atoms with van der Waals surface area (Å²) in [5.41, 5.74) is 0. The van der Waals surface area contributed by atoms with Crippen molar-refractivity contribution in [2.75, 3.05) is 19.1 Å². The number of methoxy groups -OCH3 is 1. The Bertz CT molecular complexity index is 335. The molecule has 8 heteroatoms. The molecular weight excluding hydrogens is 226 g/mol. The first-order valence-corrected chi connectivity index (χ1v) is 6.07. The average Bonchev–Trinajstić information content (AvgIpc) is 2.09. The number of nitrogens with one attached hydrogen (secondary N) is 1. The monoisotopic (exact) mass is 239 g/mol. The highest BCUT2D eigenvalue weighted by Gasteiger charge is 2.21. The van der Waals surface area contributed by atoms with Crippen LogP contribution in [0.2, 0.25) is 0 Å². The first kappa shape index (κ1) is 13.7. The van der Waals surface area contributed by atoms with E-state index in [1.165, 1.54) is 0 Å². The molecule has 0 aromatic carbocycles. The van der Waals surface area contributed by atoms with E-state index in [2.05, 4.69) is 4.74 Å². The van der Waals surface area contributed by atoms with Crippen LogP contribution in [0.5, 0.6) is 0 Å². The molecule has 0 heterocycles. The van der Waals surface area contributed by atoms with Crippen LogP contribution in [0.4, 0.5) is 4.79 Å². The zero-order valence-electron chi connectivity index (χ0n) is 8.39. The molecular formula is C7H13NO6S. The number of carbonyl (C=O) groups excluding carboxylic acids is 1. The van der Waals surface area contributed by atoms with E-state index in [0.29, 0.717) is 0 Å². The Morgan fingerprint density at radius 3 is 2.33 bits per heavy atom. The van der Waals surface area contributed by atoms with Crippen molar-refractivity contribution >= 4 is 21.9 Å². The van der Waals surface area contributed by atoms with Gasteiger partial charge in [0.05, 0.1) is 12.9 Å². The Labute approximate surface area is 87.3 Å². The van der Waals surface area contributed by atoms with E-state index < -0.39 is 27.9 Å². The Kier molecular flexibility index (Phi) is 5.06. The van der Waals surface area contributed by atoms with Gasteiger partial charge in [-0.1, -0.05) is 0 Å². The third-order valence-electron chi connectivity index (χ3n) is 1.55. The van der Waals surface area contributed by atoms with Gasteiger partial charge in [0.25, 0.3) is 0 Å². The van der Waals surface area contributed by atoms with Crippen LogP contribution in [-0.4, -0.2) is 50.7 Å². The van der Waals surface area contributed by atoms with Gasteiger partial charge in [0.2, 0.25) is 0 Å². The first-order chi connectivity index (χ1) is 6.76. The van der Waals surface area contributed by atoms with Gasteiger partial charge in [0, 0.05) is 6.26 Å². The van der Waals surface area contributed by atoms with E-state index >= 15 is 0 Å². The minimum atomic E-state index is -3.25. The number of carbonyl (C=O) groups is 2. The van der Waals surface area contributed by atoms with Crippen LogP contribution in [0.3, 0.4) is 0 Å². The minimum Gasteiger partial charge on any atom is -0.480 e. The summed E-state index contributed by atoms with van der Waals surface area (Å²) < 4.78 is 25.8. The lowest BCUT2D eigenvalue weighted by Gasteiger charge is -2.12. The molecule has 88 valence electrons. The Balaban J connectivity index is 4.30. The maximum Gasteiger partial charge on any atom is 0.407 e. The molecule has 0 saturated carbocycles. The van der Waals surface area contributed by atoms with Gasteiger partial charge >= 0.3 is 12.1 Å². The summed E-state index contributed by atoms with van der Waals surface area (Å²) in [6.07, 6.45) is -0.108. The number of hydrogen-bond acceptors (Lipinski definition) is 5. The lowest BCUT2D eigenvalue weighted by atomic mass is 10.2. The minimum absolute atomic E-state index is 0.191. The van der Waals surface area contributed by atoms with Crippen molar-refractivity contribution in [3.63, 3.8) is 0 Å². The smallest absolute Gasteiger partial charge is 0.407 e. The van der Waals surface area contributed by atoms with E-state index in [1.807, 2.05) is 5.32 Å². The van der Waals surface area contributed by atoms with Crippen molar-refractivity contribution in [3.05, 3.63) is 0 Å². The number of alkyl carbamates (subject to hydrolysis) is 1. The normalized spacial score (nSPS) is 12.9. The van der Waals surface area contributed by atoms with Crippen LogP contribution >= 0.6 is 0 Å². The van der Waals surface area contributed by atoms with Gasteiger partial charge in [0.15, 0.2) is 0 Å². The molecule has 0 saturated heterocycles. The highest BCUT2D eigenvalue weighted by molar-refractivity contribution is 7.90. The van der Waals surface area contributed by atoms with Crippen molar-refractivity contribution in [2.45, 2.75) is 12.5 Å². The fraction of sp³-hybridized carbons (Fsp3) is 0.714. The Morgan fingerprint density at radius 2 is 2.00 bits per heavy atom. The van der Waals surface area contributed by atoms with E-state index in [1.54, 1.807) is 0 Å². The van der Waals surface area contributed by atoms with E-state index in [4.69, 9.17) is 5.11 Å². The van der Waals surface area contributed by atoms with Gasteiger partial charge in [-0.05, 0) is 6.42 Å². The summed E-state index contributed by atoms with van der Waals surface area (Å²) in [6.45, 7) is 0. The van der Waals surface area contributed by atoms with Crippen molar-refractivity contribution in [1.29, 1.82) is 0 Å². The molecule has 0 spiro atoms. The van der Waals surface area contributed by atoms with Crippen LogP contribution in [0.1, 0.15) is 6.42 Å². The van der Waals surface area contributed by atoms with Gasteiger partial charge in [-0.3, -0.25) is 0 Å². The molecule has 0 radical (unpaired) electrons. The topological polar surface area (TPSA) is 110 Å². The van der Waals surface area contributed by atoms with Gasteiger partial charge in [-0.2, -0.15) is 0 Å². The number of sulfone groups is 1. The second kappa shape index (κ2) is 5.54. The Morgan fingerprint density at radius 1 is 1.47 bits per heavy atom. The fourth-order valence-corrected chi connectivity index (χ4v) is 1.45. The summed E-state index contributed by atoms with van der Waals surface area (Å²) in [7, 11) is -2.16. The summed E-state index contributed by atoms with van der Waals surface area (Å²) in [5.74, 6) is -1.61. The lowest BCUT2D eigenvalue weighted by molar-refractivity contribution is -0.139. The molecule has 0 unspecified atom stereocenters. The molecule has 0 rings (SSSR count). The van der Waals surface area contributed by atoms with Crippen LogP contribution < -0.4 is 5.32 Å². The van der Waals surface area contributed by atoms with Gasteiger partial charge in [-0.25, -0.2) is 18.0 Å². The number of hydrogen-bond donors (Lipinski definition) is 2. The van der Waals surface area contributed by atoms with E-state index in [9.17, 15) is 18.0 Å². The largest absolute Gasteiger partial charge is 0.480 e. The van der Waals surface area contributed by atoms with Gasteiger partial charge in [-0.15, -0.1) is 0 Å². The van der Waals surface area contributed by atoms with Gasteiger partial charge in [0.1, 0.15) is 15.9 Å². The number of rotatable bonds is 5. The SMILES string of the molecule is COC(=O)N[C@H](CCS(C)(=O)=O)C(=O)O. The fourth-order valence-electron chi connectivity index (χ4n) is 0.790. The standard InChI is InChI=1S/C7H13NO6S/c1-14-7(11)8-5(6(9)10)3-4-15(2,12)13/h5H,3-4H2,1-2H3,(H,8,11)(H,9,10)/t5-/m1/s1. The number of amides is 1. The molecule has 1 amide bonds. The summed E-state index contributed by atoms with van der Waals surface area (Å²) in [6, 6.07) is -1.26. The third-order valence-corrected chi connectivity index (χ3v) is 2.53. The van der Waals surface area contributed by atoms with Crippen molar-refractivity contribution in [1.82, 2.24) is 5.32 Å². The number of aliphatic carboxylic acids is 1. The Hall–Kier alpha value is -1.31. The van der Waals surface area contributed by atoms with Crippen LogP contribution in [0.15, 0.2) is 0 Å². The zero-order chi connectivity index (χ0) is 12.1. The predicted octanol–water partition coefficient (Wildman–Crippen LogP) is -0.770. The molecule has 0 bridgehead atoms. The quantitative estimate of drug-likeness (QED) is 0.652. The van der Waals surface area contributed by atoms with Crippen molar-refractivity contribution < 1.29 is 27.9 Å². The van der Waals surface area contributed by atoms with Crippen molar-refractivity contribution in [3.8, 4) is 0 Å². The maximum absolute atomic E-state index is 10.8. The highest BCUT2D eigenvalue weighted by Crippen LogP contribution is 1.97. The molecule has 0 aliphatic rings. The molecule has 0 aliphatic carbocycles. The van der Waals surface area contributed by atoms with Gasteiger partial charge < -0.3 is 15.2 Å². The molecule has 2 N–H and O–H groups in total. The number of carboxylic acid groups (broad SMARTS) is 1. The lowest BCUT2D eigenvalue weighted by Crippen LogP contribution is -2.41. The maximum atomic E-state index is 10.8. The van der Waals surface area contributed by atoms with Crippen LogP contribution in [-0.2, 0) is 19.4 Å². The van der Waals surface area contributed by atoms with Crippen LogP contribution in [0.25, 0.3) is 0 Å². The zero-order valence-corrected chi connectivity index (χ0v) is 9.20. The first-order valence-electron chi connectivity index (χ1n) is 4.01. The van der Waals surface area contributed by atoms with E-state index in [0.717, 1.165) is 13.4 Å². The molecule has 0 aliphatic heterocycles. The second-order valence-corrected chi connectivity index (χ2v) is 5.21. The number of ether oxygens (including phenoxy) is 1. The molecule has 1 atom stereocenters. The molecule has 0 fully saturated rings. The summed E-state index contributed by atoms with van der Waals surface area (Å²) in [5, 5.41) is 10.7. The predicted molar refractivity (Wildman–Crippen MR) is 51.3 cm³/mol. The average molecular weight is 239 g/mol. The summed E-state index contributed by atoms with van der Waals surface area (Å²) in [4.78, 5) is 21.3.